The highest BCUT2D eigenvalue weighted by atomic mass is 16.7. The van der Waals surface area contributed by atoms with Crippen molar-refractivity contribution in [1.29, 1.82) is 0 Å². The van der Waals surface area contributed by atoms with Crippen molar-refractivity contribution in [3.63, 3.8) is 0 Å². The van der Waals surface area contributed by atoms with Crippen LogP contribution in [-0.2, 0) is 91.4 Å². The molecule has 7 heterocycles. The van der Waals surface area contributed by atoms with Gasteiger partial charge in [0.2, 0.25) is 0 Å². The molecular weight excluding hydrogens is 1180 g/mol. The van der Waals surface area contributed by atoms with Crippen LogP contribution in [0.15, 0.2) is 30.5 Å². The molecule has 4 aliphatic rings. The normalized spacial score (nSPS) is 25.6. The molecule has 4 fully saturated rings. The van der Waals surface area contributed by atoms with Crippen LogP contribution in [0.3, 0.4) is 0 Å². The third kappa shape index (κ3) is 28.3. The number of unbranched alkanes of at least 4 members (excludes halogenated alkanes) is 1. The van der Waals surface area contributed by atoms with Gasteiger partial charge in [-0.25, -0.2) is 19.9 Å². The molecule has 0 saturated carbocycles. The number of nitrogens with zero attached hydrogens (tertiary/aromatic N) is 12. The van der Waals surface area contributed by atoms with Gasteiger partial charge in [0.05, 0.1) is 172 Å². The molecule has 514 valence electrons. The van der Waals surface area contributed by atoms with Crippen molar-refractivity contribution in [2.45, 2.75) is 217 Å². The van der Waals surface area contributed by atoms with Gasteiger partial charge in [-0.3, -0.25) is 9.80 Å². The molecule has 3 aromatic rings. The van der Waals surface area contributed by atoms with Crippen molar-refractivity contribution in [1.82, 2.24) is 59.8 Å². The molecule has 0 radical (unpaired) electrons. The Labute approximate surface area is 529 Å². The summed E-state index contributed by atoms with van der Waals surface area (Å²) in [7, 11) is 0. The highest BCUT2D eigenvalue weighted by molar-refractivity contribution is 5.01. The number of aliphatic hydroxyl groups excluding tert-OH is 6. The Kier molecular flexibility index (Phi) is 33.9. The molecule has 4 saturated heterocycles. The summed E-state index contributed by atoms with van der Waals surface area (Å²) in [4.78, 5) is 4.57. The second kappa shape index (κ2) is 41.6. The van der Waals surface area contributed by atoms with E-state index in [2.05, 4.69) is 47.7 Å². The van der Waals surface area contributed by atoms with E-state index in [4.69, 9.17) is 63.7 Å². The minimum Gasteiger partial charge on any atom is -0.400 e. The topological polar surface area (TPSA) is 377 Å². The first-order valence-corrected chi connectivity index (χ1v) is 32.5. The maximum Gasteiger partial charge on any atom is 0.160 e. The molecule has 3 aromatic heterocycles. The van der Waals surface area contributed by atoms with Gasteiger partial charge in [-0.2, -0.15) is 0 Å². The summed E-state index contributed by atoms with van der Waals surface area (Å²) in [6.07, 6.45) is 13.4. The van der Waals surface area contributed by atoms with Gasteiger partial charge in [0.1, 0.15) is 6.10 Å². The van der Waals surface area contributed by atoms with Crippen LogP contribution in [0.25, 0.3) is 0 Å². The van der Waals surface area contributed by atoms with Crippen molar-refractivity contribution in [3.05, 3.63) is 47.6 Å². The summed E-state index contributed by atoms with van der Waals surface area (Å²) in [6, 6.07) is 0.0970. The van der Waals surface area contributed by atoms with Gasteiger partial charge in [0.25, 0.3) is 0 Å². The van der Waals surface area contributed by atoms with Crippen molar-refractivity contribution in [2.75, 3.05) is 112 Å². The summed E-state index contributed by atoms with van der Waals surface area (Å²) in [5.74, 6) is 6.43. The molecule has 10 N–H and O–H groups in total. The SMILES string of the molecule is CC1CC(O)CC(OCCOCCn2cc(CN(Cc3cn(CCOCCOC4CCC(O)C(CO)O4)nn3)C(C)CCCCN(C/C(N)=C/N(N)CCOCCCC3CCCC(CO)O3)Cc3cn(CCOCCOC4CC(O)CC(CO)O4)nn3)nn2)O1. The van der Waals surface area contributed by atoms with Gasteiger partial charge >= 0.3 is 0 Å². The number of hydrazine groups is 1. The average Bonchev–Trinajstić information content (AvgIpc) is 3.41. The zero-order valence-electron chi connectivity index (χ0n) is 53.1. The van der Waals surface area contributed by atoms with Gasteiger partial charge in [0.15, 0.2) is 18.9 Å². The number of ether oxygens (including phenoxy) is 11. The van der Waals surface area contributed by atoms with Gasteiger partial charge in [-0.15, -0.1) is 15.3 Å². The molecule has 7 rings (SSSR count). The van der Waals surface area contributed by atoms with Gasteiger partial charge in [-0.05, 0) is 78.2 Å². The molecule has 0 amide bonds. The molecular formula is C59H106N14O17. The Hall–Kier alpha value is -4.04. The Morgan fingerprint density at radius 2 is 1.17 bits per heavy atom. The minimum absolute atomic E-state index is 0.0572. The molecule has 0 bridgehead atoms. The predicted molar refractivity (Wildman–Crippen MR) is 323 cm³/mol. The summed E-state index contributed by atoms with van der Waals surface area (Å²) in [5, 5.41) is 87.0. The van der Waals surface area contributed by atoms with E-state index < -0.39 is 49.4 Å². The van der Waals surface area contributed by atoms with Gasteiger partial charge in [-0.1, -0.05) is 22.1 Å². The van der Waals surface area contributed by atoms with E-state index in [-0.39, 0.29) is 50.8 Å². The van der Waals surface area contributed by atoms with Crippen molar-refractivity contribution < 1.29 is 82.7 Å². The monoisotopic (exact) mass is 1280 g/mol. The first-order chi connectivity index (χ1) is 43.8. The Morgan fingerprint density at radius 3 is 1.77 bits per heavy atom. The molecule has 0 spiro atoms. The van der Waals surface area contributed by atoms with Crippen LogP contribution in [0.5, 0.6) is 0 Å². The largest absolute Gasteiger partial charge is 0.400 e. The van der Waals surface area contributed by atoms with Crippen LogP contribution in [0.2, 0.25) is 0 Å². The van der Waals surface area contributed by atoms with E-state index in [1.165, 1.54) is 0 Å². The lowest BCUT2D eigenvalue weighted by molar-refractivity contribution is -0.232. The van der Waals surface area contributed by atoms with Crippen molar-refractivity contribution in [3.8, 4) is 0 Å². The van der Waals surface area contributed by atoms with Gasteiger partial charge in [0, 0.05) is 95.0 Å². The van der Waals surface area contributed by atoms with Crippen molar-refractivity contribution in [2.24, 2.45) is 11.6 Å². The quantitative estimate of drug-likeness (QED) is 0.0208. The molecule has 4 aliphatic heterocycles. The average molecular weight is 1280 g/mol. The van der Waals surface area contributed by atoms with Crippen LogP contribution >= 0.6 is 0 Å². The number of rotatable bonds is 46. The van der Waals surface area contributed by atoms with Crippen LogP contribution in [0.1, 0.15) is 121 Å². The van der Waals surface area contributed by atoms with Crippen LogP contribution in [-0.4, -0.2) is 276 Å². The molecule has 0 aromatic carbocycles. The highest BCUT2D eigenvalue weighted by Gasteiger charge is 2.31. The number of nitrogens with two attached hydrogens (primary N) is 2. The second-order valence-corrected chi connectivity index (χ2v) is 23.9. The van der Waals surface area contributed by atoms with Crippen LogP contribution < -0.4 is 11.6 Å². The van der Waals surface area contributed by atoms with E-state index in [1.54, 1.807) is 25.3 Å². The third-order valence-corrected chi connectivity index (χ3v) is 16.2. The fourth-order valence-electron chi connectivity index (χ4n) is 11.3. The maximum absolute atomic E-state index is 10.1. The molecule has 31 heteroatoms. The Morgan fingerprint density at radius 1 is 0.600 bits per heavy atom. The second-order valence-electron chi connectivity index (χ2n) is 23.9. The minimum atomic E-state index is -0.701. The molecule has 12 unspecified atom stereocenters. The molecule has 31 nitrogen and oxygen atoms in total. The van der Waals surface area contributed by atoms with E-state index in [0.717, 1.165) is 68.4 Å². The summed E-state index contributed by atoms with van der Waals surface area (Å²) in [6.45, 7) is 12.5. The number of hydrogen-bond acceptors (Lipinski definition) is 28. The first kappa shape index (κ1) is 73.4. The van der Waals surface area contributed by atoms with Gasteiger partial charge < -0.3 is 93.5 Å². The van der Waals surface area contributed by atoms with Crippen LogP contribution in [0, 0.1) is 0 Å². The first-order valence-electron chi connectivity index (χ1n) is 32.5. The zero-order chi connectivity index (χ0) is 63.7. The standard InChI is InChI=1S/C59H106N14O17/c1-44(69(37-49-40-73(67-64-49)17-22-82-24-27-85-58-31-50(77)29-45(2)87-58)36-48-39-72(66-63-48)16-21-81-23-26-84-57-12-11-55(79)56(43-76)90-57)7-3-4-13-68(33-46(60)34-70(61)14-19-80-18-6-10-52-8-5-9-53(41-74)88-52)35-47-38-71(65-62-47)15-20-83-25-28-86-59-32-51(78)30-54(42-75)89-59/h34,38-40,44-45,50-59,74-79H,3-33,35-37,41-43,60-61H2,1-2H3/b46-34-. The Bertz CT molecular complexity index is 2370. The fraction of sp³-hybridized carbons (Fsp3) is 0.864. The van der Waals surface area contributed by atoms with Crippen LogP contribution in [0.4, 0.5) is 0 Å². The lowest BCUT2D eigenvalue weighted by Gasteiger charge is -2.32. The Balaban J connectivity index is 0.898. The van der Waals surface area contributed by atoms with E-state index in [1.807, 2.05) is 25.5 Å². The molecule has 12 atom stereocenters. The molecule has 90 heavy (non-hydrogen) atoms. The number of aromatic nitrogens is 9. The summed E-state index contributed by atoms with van der Waals surface area (Å²) in [5.41, 5.74) is 9.66. The lowest BCUT2D eigenvalue weighted by atomic mass is 10.0. The fourth-order valence-corrected chi connectivity index (χ4v) is 11.3. The highest BCUT2D eigenvalue weighted by Crippen LogP contribution is 2.25. The summed E-state index contributed by atoms with van der Waals surface area (Å²) < 4.78 is 69.1. The molecule has 0 aliphatic carbocycles. The maximum atomic E-state index is 10.1. The third-order valence-electron chi connectivity index (χ3n) is 16.2. The smallest absolute Gasteiger partial charge is 0.160 e. The van der Waals surface area contributed by atoms with E-state index >= 15 is 0 Å². The lowest BCUT2D eigenvalue weighted by Crippen LogP contribution is -2.42. The van der Waals surface area contributed by atoms with Crippen molar-refractivity contribution >= 4 is 0 Å². The number of aliphatic hydroxyl groups is 6. The number of hydrogen-bond donors (Lipinski definition) is 8. The van der Waals surface area contributed by atoms with E-state index in [9.17, 15) is 30.6 Å². The predicted octanol–water partition coefficient (Wildman–Crippen LogP) is -0.0710. The van der Waals surface area contributed by atoms with E-state index in [0.29, 0.717) is 169 Å². The summed E-state index contributed by atoms with van der Waals surface area (Å²) >= 11 is 0. The zero-order valence-corrected chi connectivity index (χ0v) is 53.1.